The highest BCUT2D eigenvalue weighted by Gasteiger charge is 2.28. The maximum absolute atomic E-state index is 12.0. The summed E-state index contributed by atoms with van der Waals surface area (Å²) in [5.41, 5.74) is 0. The summed E-state index contributed by atoms with van der Waals surface area (Å²) in [6, 6.07) is 3.89. The van der Waals surface area contributed by atoms with Crippen molar-refractivity contribution in [1.82, 2.24) is 0 Å². The highest BCUT2D eigenvalue weighted by Crippen LogP contribution is 2.18. The molecule has 0 N–H and O–H groups in total. The first kappa shape index (κ1) is 10.8. The minimum absolute atomic E-state index is 0.314. The Hall–Kier alpha value is -0.670. The Balaban J connectivity index is 1.98. The van der Waals surface area contributed by atoms with Crippen LogP contribution >= 0.6 is 11.3 Å². The number of rotatable bonds is 3. The van der Waals surface area contributed by atoms with Gasteiger partial charge in [0.2, 0.25) is 5.78 Å². The minimum atomic E-state index is 0.314. The summed E-state index contributed by atoms with van der Waals surface area (Å²) in [7, 11) is 2.21. The van der Waals surface area contributed by atoms with E-state index in [-0.39, 0.29) is 0 Å². The summed E-state index contributed by atoms with van der Waals surface area (Å²) in [6.07, 6.45) is 3.88. The van der Waals surface area contributed by atoms with Gasteiger partial charge in [0.15, 0.2) is 0 Å². The normalized spacial score (nSPS) is 20.1. The number of ketones is 1. The molecule has 2 heterocycles. The number of Topliss-reactive ketones (excluding diaryl/α,β-unsaturated/α-hetero) is 1. The number of carbonyl (C=O) groups is 1. The van der Waals surface area contributed by atoms with Crippen molar-refractivity contribution in [2.24, 2.45) is 0 Å². The molecule has 0 unspecified atom stereocenters. The van der Waals surface area contributed by atoms with Crippen LogP contribution in [0.25, 0.3) is 0 Å². The molecular weight excluding hydrogens is 206 g/mol. The molecule has 15 heavy (non-hydrogen) atoms. The van der Waals surface area contributed by atoms with Crippen LogP contribution in [0.2, 0.25) is 0 Å². The number of likely N-dealkylation sites (tertiary alicyclic amines) is 1. The largest absolute Gasteiger partial charge is 0.320 e. The minimum Gasteiger partial charge on any atom is -0.320 e. The van der Waals surface area contributed by atoms with Crippen LogP contribution in [0.1, 0.15) is 28.9 Å². The van der Waals surface area contributed by atoms with Crippen molar-refractivity contribution < 1.29 is 9.28 Å². The van der Waals surface area contributed by atoms with E-state index in [4.69, 9.17) is 0 Å². The molecule has 0 atom stereocenters. The third-order valence-corrected chi connectivity index (χ3v) is 4.13. The second-order valence-corrected chi connectivity index (χ2v) is 5.63. The van der Waals surface area contributed by atoms with Gasteiger partial charge in [-0.15, -0.1) is 11.3 Å². The highest BCUT2D eigenvalue weighted by atomic mass is 32.1. The first-order chi connectivity index (χ1) is 7.20. The molecule has 1 aromatic heterocycles. The molecule has 1 fully saturated rings. The fraction of sp³-hybridized carbons (Fsp3) is 0.583. The molecule has 0 radical (unpaired) electrons. The van der Waals surface area contributed by atoms with Crippen LogP contribution in [0.3, 0.4) is 0 Å². The van der Waals surface area contributed by atoms with Crippen LogP contribution in [0.5, 0.6) is 0 Å². The van der Waals surface area contributed by atoms with E-state index in [1.54, 1.807) is 11.3 Å². The summed E-state index contributed by atoms with van der Waals surface area (Å²) >= 11 is 1.56. The van der Waals surface area contributed by atoms with Crippen LogP contribution < -0.4 is 0 Å². The van der Waals surface area contributed by atoms with Gasteiger partial charge in [0.1, 0.15) is 6.54 Å². The fourth-order valence-corrected chi connectivity index (χ4v) is 2.95. The van der Waals surface area contributed by atoms with Gasteiger partial charge in [-0.3, -0.25) is 4.79 Å². The second-order valence-electron chi connectivity index (χ2n) is 4.69. The van der Waals surface area contributed by atoms with Crippen LogP contribution in [0.15, 0.2) is 17.5 Å². The maximum atomic E-state index is 12.0. The molecule has 2 rings (SSSR count). The molecule has 0 saturated carbocycles. The lowest BCUT2D eigenvalue weighted by atomic mass is 10.1. The monoisotopic (exact) mass is 224 g/mol. The fourth-order valence-electron chi connectivity index (χ4n) is 2.30. The zero-order valence-electron chi connectivity index (χ0n) is 9.24. The van der Waals surface area contributed by atoms with Gasteiger partial charge in [0.05, 0.1) is 25.0 Å². The molecule has 0 amide bonds. The van der Waals surface area contributed by atoms with E-state index < -0.39 is 0 Å². The van der Waals surface area contributed by atoms with Crippen molar-refractivity contribution in [2.45, 2.75) is 19.3 Å². The summed E-state index contributed by atoms with van der Waals surface area (Å²) < 4.78 is 0.941. The molecule has 3 heteroatoms. The lowest BCUT2D eigenvalue weighted by Crippen LogP contribution is -2.50. The zero-order valence-corrected chi connectivity index (χ0v) is 10.1. The number of piperidine rings is 1. The molecule has 82 valence electrons. The van der Waals surface area contributed by atoms with E-state index in [9.17, 15) is 4.79 Å². The number of hydrogen-bond acceptors (Lipinski definition) is 2. The average molecular weight is 224 g/mol. The van der Waals surface area contributed by atoms with E-state index in [1.165, 1.54) is 19.3 Å². The number of hydrogen-bond donors (Lipinski definition) is 0. The molecule has 0 aromatic carbocycles. The number of carbonyl (C=O) groups excluding carboxylic acids is 1. The van der Waals surface area contributed by atoms with Crippen molar-refractivity contribution in [3.05, 3.63) is 22.4 Å². The van der Waals surface area contributed by atoms with E-state index in [0.717, 1.165) is 22.4 Å². The van der Waals surface area contributed by atoms with E-state index in [0.29, 0.717) is 12.3 Å². The Morgan fingerprint density at radius 1 is 1.40 bits per heavy atom. The van der Waals surface area contributed by atoms with Crippen molar-refractivity contribution in [1.29, 1.82) is 0 Å². The predicted octanol–water partition coefficient (Wildman–Crippen LogP) is 2.56. The Bertz CT molecular complexity index is 325. The zero-order chi connectivity index (χ0) is 10.7. The standard InChI is InChI=1S/C12H18NOS/c1-13(7-3-2-4-8-13)10-11(14)12-6-5-9-15-12/h5-6,9H,2-4,7-8,10H2,1H3/q+1. The third-order valence-electron chi connectivity index (χ3n) is 3.22. The molecule has 0 spiro atoms. The summed E-state index contributed by atoms with van der Waals surface area (Å²) in [5, 5.41) is 1.98. The molecule has 2 nitrogen and oxygen atoms in total. The van der Waals surface area contributed by atoms with Crippen LogP contribution in [0, 0.1) is 0 Å². The van der Waals surface area contributed by atoms with Gasteiger partial charge in [-0.1, -0.05) is 6.07 Å². The molecule has 1 aromatic rings. The van der Waals surface area contributed by atoms with Gasteiger partial charge < -0.3 is 4.48 Å². The smallest absolute Gasteiger partial charge is 0.226 e. The Morgan fingerprint density at radius 2 is 2.13 bits per heavy atom. The molecule has 0 bridgehead atoms. The van der Waals surface area contributed by atoms with Gasteiger partial charge in [0.25, 0.3) is 0 Å². The lowest BCUT2D eigenvalue weighted by Gasteiger charge is -2.36. The SMILES string of the molecule is C[N+]1(CC(=O)c2cccs2)CCCCC1. The highest BCUT2D eigenvalue weighted by molar-refractivity contribution is 7.12. The number of quaternary nitrogens is 1. The molecule has 0 aliphatic carbocycles. The summed E-state index contributed by atoms with van der Waals surface area (Å²) in [6.45, 7) is 3.01. The Labute approximate surface area is 95.1 Å². The maximum Gasteiger partial charge on any atom is 0.226 e. The summed E-state index contributed by atoms with van der Waals surface area (Å²) in [4.78, 5) is 12.9. The number of likely N-dealkylation sites (N-methyl/N-ethyl adjacent to an activating group) is 1. The number of thiophene rings is 1. The molecule has 1 aliphatic rings. The quantitative estimate of drug-likeness (QED) is 0.569. The Kier molecular flexibility index (Phi) is 3.22. The third kappa shape index (κ3) is 2.67. The van der Waals surface area contributed by atoms with Crippen molar-refractivity contribution in [3.8, 4) is 0 Å². The molecule has 1 aliphatic heterocycles. The van der Waals surface area contributed by atoms with Crippen molar-refractivity contribution in [3.63, 3.8) is 0 Å². The topological polar surface area (TPSA) is 17.1 Å². The van der Waals surface area contributed by atoms with E-state index in [2.05, 4.69) is 7.05 Å². The summed E-state index contributed by atoms with van der Waals surface area (Å²) in [5.74, 6) is 0.314. The van der Waals surface area contributed by atoms with E-state index in [1.807, 2.05) is 17.5 Å². The van der Waals surface area contributed by atoms with Gasteiger partial charge in [-0.25, -0.2) is 0 Å². The lowest BCUT2D eigenvalue weighted by molar-refractivity contribution is -0.906. The molecule has 1 saturated heterocycles. The van der Waals surface area contributed by atoms with Crippen LogP contribution in [0.4, 0.5) is 0 Å². The van der Waals surface area contributed by atoms with Crippen LogP contribution in [-0.2, 0) is 0 Å². The first-order valence-corrected chi connectivity index (χ1v) is 6.48. The average Bonchev–Trinajstić information content (AvgIpc) is 2.70. The van der Waals surface area contributed by atoms with Crippen LogP contribution in [-0.4, -0.2) is 36.9 Å². The predicted molar refractivity (Wildman–Crippen MR) is 63.3 cm³/mol. The van der Waals surface area contributed by atoms with Crippen molar-refractivity contribution >= 4 is 17.1 Å². The van der Waals surface area contributed by atoms with Gasteiger partial charge >= 0.3 is 0 Å². The molecular formula is C12H18NOS+. The Morgan fingerprint density at radius 3 is 2.73 bits per heavy atom. The van der Waals surface area contributed by atoms with Gasteiger partial charge in [0, 0.05) is 0 Å². The van der Waals surface area contributed by atoms with Gasteiger partial charge in [-0.2, -0.15) is 0 Å². The van der Waals surface area contributed by atoms with Gasteiger partial charge in [-0.05, 0) is 30.7 Å². The van der Waals surface area contributed by atoms with Crippen molar-refractivity contribution in [2.75, 3.05) is 26.7 Å². The first-order valence-electron chi connectivity index (χ1n) is 5.60. The second kappa shape index (κ2) is 4.45. The van der Waals surface area contributed by atoms with E-state index >= 15 is 0 Å². The number of nitrogens with zero attached hydrogens (tertiary/aromatic N) is 1.